The highest BCUT2D eigenvalue weighted by molar-refractivity contribution is 5.45. The Balaban J connectivity index is 0.000000956. The van der Waals surface area contributed by atoms with Crippen LogP contribution in [0.25, 0.3) is 0 Å². The summed E-state index contributed by atoms with van der Waals surface area (Å²) in [5.41, 5.74) is 4.48. The van der Waals surface area contributed by atoms with Crippen molar-refractivity contribution in [3.8, 4) is 6.07 Å². The van der Waals surface area contributed by atoms with Gasteiger partial charge in [0, 0.05) is 0 Å². The van der Waals surface area contributed by atoms with Crippen LogP contribution in [0.2, 0.25) is 0 Å². The lowest BCUT2D eigenvalue weighted by Gasteiger charge is -2.22. The third-order valence-electron chi connectivity index (χ3n) is 4.00. The SMILES string of the molecule is CC.Cc1cc(CCC2CCNCC2)cc(C)c1C#N. The van der Waals surface area contributed by atoms with Gasteiger partial charge in [0.25, 0.3) is 0 Å². The number of hydrogen-bond acceptors (Lipinski definition) is 2. The molecule has 0 atom stereocenters. The number of aryl methyl sites for hydroxylation is 3. The van der Waals surface area contributed by atoms with Gasteiger partial charge in [-0.3, -0.25) is 0 Å². The van der Waals surface area contributed by atoms with Crippen LogP contribution in [0.3, 0.4) is 0 Å². The summed E-state index contributed by atoms with van der Waals surface area (Å²) in [6.45, 7) is 10.4. The summed E-state index contributed by atoms with van der Waals surface area (Å²) in [5, 5.41) is 12.5. The minimum Gasteiger partial charge on any atom is -0.317 e. The monoisotopic (exact) mass is 272 g/mol. The van der Waals surface area contributed by atoms with Gasteiger partial charge < -0.3 is 5.32 Å². The minimum absolute atomic E-state index is 0.848. The summed E-state index contributed by atoms with van der Waals surface area (Å²) < 4.78 is 0. The summed E-state index contributed by atoms with van der Waals surface area (Å²) >= 11 is 0. The van der Waals surface area contributed by atoms with Crippen molar-refractivity contribution in [3.63, 3.8) is 0 Å². The molecule has 0 spiro atoms. The molecule has 0 bridgehead atoms. The summed E-state index contributed by atoms with van der Waals surface area (Å²) in [7, 11) is 0. The predicted octanol–water partition coefficient (Wildman–Crippen LogP) is 4.13. The second kappa shape index (κ2) is 8.76. The first-order valence-corrected chi connectivity index (χ1v) is 7.91. The Labute approximate surface area is 124 Å². The number of rotatable bonds is 3. The van der Waals surface area contributed by atoms with E-state index < -0.39 is 0 Å². The second-order valence-electron chi connectivity index (χ2n) is 5.45. The van der Waals surface area contributed by atoms with E-state index in [1.807, 2.05) is 27.7 Å². The van der Waals surface area contributed by atoms with Crippen LogP contribution in [-0.2, 0) is 6.42 Å². The molecular formula is C18H28N2. The zero-order chi connectivity index (χ0) is 15.0. The molecule has 0 aliphatic carbocycles. The Morgan fingerprint density at radius 3 is 2.20 bits per heavy atom. The van der Waals surface area contributed by atoms with Gasteiger partial charge in [-0.25, -0.2) is 0 Å². The lowest BCUT2D eigenvalue weighted by atomic mass is 9.90. The molecule has 2 rings (SSSR count). The summed E-state index contributed by atoms with van der Waals surface area (Å²) in [6, 6.07) is 6.66. The Hall–Kier alpha value is -1.33. The third kappa shape index (κ3) is 4.65. The molecule has 1 aliphatic rings. The van der Waals surface area contributed by atoms with Crippen LogP contribution in [0.5, 0.6) is 0 Å². The first-order chi connectivity index (χ1) is 9.70. The Bertz CT molecular complexity index is 428. The quantitative estimate of drug-likeness (QED) is 0.898. The van der Waals surface area contributed by atoms with E-state index in [2.05, 4.69) is 23.5 Å². The smallest absolute Gasteiger partial charge is 0.0997 e. The topological polar surface area (TPSA) is 35.8 Å². The molecule has 1 aromatic rings. The maximum absolute atomic E-state index is 9.07. The fourth-order valence-corrected chi connectivity index (χ4v) is 2.92. The van der Waals surface area contributed by atoms with Crippen LogP contribution in [-0.4, -0.2) is 13.1 Å². The lowest BCUT2D eigenvalue weighted by Crippen LogP contribution is -2.27. The molecule has 0 saturated carbocycles. The van der Waals surface area contributed by atoms with Gasteiger partial charge >= 0.3 is 0 Å². The van der Waals surface area contributed by atoms with Gasteiger partial charge in [-0.05, 0) is 75.2 Å². The van der Waals surface area contributed by atoms with E-state index >= 15 is 0 Å². The lowest BCUT2D eigenvalue weighted by molar-refractivity contribution is 0.354. The van der Waals surface area contributed by atoms with E-state index in [4.69, 9.17) is 5.26 Å². The molecule has 1 N–H and O–H groups in total. The molecule has 1 aromatic carbocycles. The first-order valence-electron chi connectivity index (χ1n) is 7.91. The second-order valence-corrected chi connectivity index (χ2v) is 5.45. The highest BCUT2D eigenvalue weighted by atomic mass is 14.9. The fourth-order valence-electron chi connectivity index (χ4n) is 2.92. The number of nitrogens with one attached hydrogen (secondary N) is 1. The average molecular weight is 272 g/mol. The van der Waals surface area contributed by atoms with Crippen LogP contribution in [0, 0.1) is 31.1 Å². The van der Waals surface area contributed by atoms with Gasteiger partial charge in [0.2, 0.25) is 0 Å². The molecule has 1 saturated heterocycles. The van der Waals surface area contributed by atoms with E-state index in [9.17, 15) is 0 Å². The number of piperidine rings is 1. The maximum atomic E-state index is 9.07. The van der Waals surface area contributed by atoms with Crippen molar-refractivity contribution in [3.05, 3.63) is 34.4 Å². The molecule has 0 aromatic heterocycles. The molecule has 110 valence electrons. The van der Waals surface area contributed by atoms with Gasteiger partial charge in [-0.15, -0.1) is 0 Å². The molecule has 2 heteroatoms. The summed E-state index contributed by atoms with van der Waals surface area (Å²) in [6.07, 6.45) is 5.06. The third-order valence-corrected chi connectivity index (χ3v) is 4.00. The van der Waals surface area contributed by atoms with Crippen molar-refractivity contribution in [2.45, 2.75) is 53.4 Å². The molecule has 1 heterocycles. The maximum Gasteiger partial charge on any atom is 0.0997 e. The van der Waals surface area contributed by atoms with Crippen LogP contribution in [0.1, 0.15) is 55.4 Å². The largest absolute Gasteiger partial charge is 0.317 e. The van der Waals surface area contributed by atoms with Crippen molar-refractivity contribution >= 4 is 0 Å². The zero-order valence-electron chi connectivity index (χ0n) is 13.4. The van der Waals surface area contributed by atoms with Crippen LogP contribution >= 0.6 is 0 Å². The normalized spacial score (nSPS) is 15.2. The van der Waals surface area contributed by atoms with Gasteiger partial charge in [0.05, 0.1) is 11.6 Å². The van der Waals surface area contributed by atoms with Gasteiger partial charge in [0.1, 0.15) is 0 Å². The fraction of sp³-hybridized carbons (Fsp3) is 0.611. The Morgan fingerprint density at radius 1 is 1.15 bits per heavy atom. The van der Waals surface area contributed by atoms with Gasteiger partial charge in [0.15, 0.2) is 0 Å². The molecule has 0 radical (unpaired) electrons. The van der Waals surface area contributed by atoms with E-state index in [1.165, 1.54) is 37.9 Å². The van der Waals surface area contributed by atoms with E-state index in [1.54, 1.807) is 0 Å². The van der Waals surface area contributed by atoms with Crippen LogP contribution in [0.4, 0.5) is 0 Å². The van der Waals surface area contributed by atoms with Crippen LogP contribution in [0.15, 0.2) is 12.1 Å². The highest BCUT2D eigenvalue weighted by Gasteiger charge is 2.13. The Kier molecular flexibility index (Phi) is 7.33. The van der Waals surface area contributed by atoms with Crippen molar-refractivity contribution in [1.29, 1.82) is 5.26 Å². The number of nitriles is 1. The molecule has 1 aliphatic heterocycles. The molecule has 1 fully saturated rings. The van der Waals surface area contributed by atoms with Crippen molar-refractivity contribution < 1.29 is 0 Å². The number of nitrogens with zero attached hydrogens (tertiary/aromatic N) is 1. The van der Waals surface area contributed by atoms with E-state index in [0.29, 0.717) is 0 Å². The minimum atomic E-state index is 0.848. The van der Waals surface area contributed by atoms with E-state index in [0.717, 1.165) is 29.0 Å². The van der Waals surface area contributed by atoms with Gasteiger partial charge in [-0.1, -0.05) is 26.0 Å². The Morgan fingerprint density at radius 2 is 1.70 bits per heavy atom. The van der Waals surface area contributed by atoms with Gasteiger partial charge in [-0.2, -0.15) is 5.26 Å². The van der Waals surface area contributed by atoms with E-state index in [-0.39, 0.29) is 0 Å². The van der Waals surface area contributed by atoms with Crippen LogP contribution < -0.4 is 5.32 Å². The number of hydrogen-bond donors (Lipinski definition) is 1. The first kappa shape index (κ1) is 16.7. The standard InChI is InChI=1S/C16H22N2.C2H6/c1-12-9-15(10-13(2)16(12)11-17)4-3-14-5-7-18-8-6-14;1-2/h9-10,14,18H,3-8H2,1-2H3;1-2H3. The molecule has 2 nitrogen and oxygen atoms in total. The van der Waals surface area contributed by atoms with Crippen molar-refractivity contribution in [2.75, 3.05) is 13.1 Å². The molecular weight excluding hydrogens is 244 g/mol. The summed E-state index contributed by atoms with van der Waals surface area (Å²) in [4.78, 5) is 0. The summed E-state index contributed by atoms with van der Waals surface area (Å²) in [5.74, 6) is 0.877. The predicted molar refractivity (Wildman–Crippen MR) is 85.9 cm³/mol. The molecule has 0 amide bonds. The van der Waals surface area contributed by atoms with Crippen molar-refractivity contribution in [1.82, 2.24) is 5.32 Å². The molecule has 20 heavy (non-hydrogen) atoms. The van der Waals surface area contributed by atoms with Crippen molar-refractivity contribution in [2.24, 2.45) is 5.92 Å². The zero-order valence-corrected chi connectivity index (χ0v) is 13.4. The molecule has 0 unspecified atom stereocenters. The highest BCUT2D eigenvalue weighted by Crippen LogP contribution is 2.21. The number of benzene rings is 1. The average Bonchev–Trinajstić information content (AvgIpc) is 2.48.